The van der Waals surface area contributed by atoms with Crippen molar-refractivity contribution in [2.24, 2.45) is 0 Å². The van der Waals surface area contributed by atoms with Gasteiger partial charge in [0.05, 0.1) is 6.17 Å². The van der Waals surface area contributed by atoms with Gasteiger partial charge in [0, 0.05) is 32.5 Å². The highest BCUT2D eigenvalue weighted by atomic mass is 16.1. The molecule has 73 valence electrons. The number of hydrogen-bond acceptors (Lipinski definition) is 2. The predicted molar refractivity (Wildman–Crippen MR) is 50.5 cm³/mol. The molecular weight excluding hydrogens is 164 g/mol. The Bertz CT molecular complexity index is 177. The highest BCUT2D eigenvalue weighted by Gasteiger charge is 2.25. The van der Waals surface area contributed by atoms with Crippen molar-refractivity contribution in [3.8, 4) is 0 Å². The van der Waals surface area contributed by atoms with Crippen molar-refractivity contribution >= 4 is 5.78 Å². The third-order valence-corrected chi connectivity index (χ3v) is 2.99. The molecule has 0 aromatic heterocycles. The van der Waals surface area contributed by atoms with Crippen LogP contribution in [0.2, 0.25) is 0 Å². The second-order valence-corrected chi connectivity index (χ2v) is 3.96. The van der Waals surface area contributed by atoms with E-state index in [9.17, 15) is 4.79 Å². The van der Waals surface area contributed by atoms with Crippen LogP contribution in [0.3, 0.4) is 0 Å². The summed E-state index contributed by atoms with van der Waals surface area (Å²) in [7, 11) is 0. The molecule has 2 fully saturated rings. The van der Waals surface area contributed by atoms with Crippen LogP contribution in [-0.2, 0) is 4.79 Å². The summed E-state index contributed by atoms with van der Waals surface area (Å²) in [6.45, 7) is 2.90. The number of likely N-dealkylation sites (tertiary alicyclic amines) is 1. The largest absolute Gasteiger partial charge is 0.300 e. The van der Waals surface area contributed by atoms with E-state index in [0.29, 0.717) is 11.9 Å². The molecule has 0 saturated carbocycles. The van der Waals surface area contributed by atoms with Gasteiger partial charge in [0.1, 0.15) is 5.78 Å². The van der Waals surface area contributed by atoms with Crippen LogP contribution in [0.5, 0.6) is 0 Å². The van der Waals surface area contributed by atoms with Crippen LogP contribution in [0, 0.1) is 0 Å². The Kier molecular flexibility index (Phi) is 2.96. The zero-order valence-electron chi connectivity index (χ0n) is 8.04. The monoisotopic (exact) mass is 181 g/mol. The molecule has 2 saturated heterocycles. The highest BCUT2D eigenvalue weighted by Crippen LogP contribution is 2.16. The number of carbonyl (C=O) groups excluding carboxylic acids is 1. The second-order valence-electron chi connectivity index (χ2n) is 3.96. The van der Waals surface area contributed by atoms with Gasteiger partial charge in [0.15, 0.2) is 0 Å². The van der Waals surface area contributed by atoms with E-state index < -0.39 is 0 Å². The molecule has 0 amide bonds. The zero-order chi connectivity index (χ0) is 9.10. The smallest absolute Gasteiger partial charge is 0.135 e. The molecule has 13 heavy (non-hydrogen) atoms. The molecule has 2 aliphatic rings. The first-order valence-electron chi connectivity index (χ1n) is 5.28. The van der Waals surface area contributed by atoms with Gasteiger partial charge in [-0.1, -0.05) is 0 Å². The summed E-state index contributed by atoms with van der Waals surface area (Å²) in [5, 5.41) is 4.59. The number of nitrogens with zero attached hydrogens (tertiary/aromatic N) is 2. The summed E-state index contributed by atoms with van der Waals surface area (Å²) >= 11 is 0. The van der Waals surface area contributed by atoms with E-state index in [-0.39, 0.29) is 0 Å². The lowest BCUT2D eigenvalue weighted by Crippen LogP contribution is -2.48. The van der Waals surface area contributed by atoms with Crippen molar-refractivity contribution in [2.45, 2.75) is 38.3 Å². The molecular formula is C10H17N2O. The lowest BCUT2D eigenvalue weighted by Gasteiger charge is -2.35. The van der Waals surface area contributed by atoms with Crippen molar-refractivity contribution in [3.63, 3.8) is 0 Å². The Morgan fingerprint density at radius 2 is 2.00 bits per heavy atom. The van der Waals surface area contributed by atoms with E-state index in [0.717, 1.165) is 32.5 Å². The molecule has 1 atom stereocenters. The Morgan fingerprint density at radius 1 is 1.23 bits per heavy atom. The molecule has 0 spiro atoms. The molecule has 0 bridgehead atoms. The average molecular weight is 181 g/mol. The van der Waals surface area contributed by atoms with Crippen LogP contribution < -0.4 is 5.32 Å². The summed E-state index contributed by atoms with van der Waals surface area (Å²) in [6, 6.07) is 0. The van der Waals surface area contributed by atoms with E-state index >= 15 is 0 Å². The molecule has 3 nitrogen and oxygen atoms in total. The minimum absolute atomic E-state index is 0.423. The lowest BCUT2D eigenvalue weighted by molar-refractivity contribution is -0.122. The Morgan fingerprint density at radius 3 is 2.62 bits per heavy atom. The van der Waals surface area contributed by atoms with E-state index in [2.05, 4.69) is 10.2 Å². The average Bonchev–Trinajstić information content (AvgIpc) is 2.20. The van der Waals surface area contributed by atoms with Crippen LogP contribution in [0.15, 0.2) is 0 Å². The van der Waals surface area contributed by atoms with Gasteiger partial charge in [0.2, 0.25) is 0 Å². The fourth-order valence-corrected chi connectivity index (χ4v) is 2.14. The van der Waals surface area contributed by atoms with Gasteiger partial charge < -0.3 is 0 Å². The van der Waals surface area contributed by atoms with Gasteiger partial charge in [-0.3, -0.25) is 9.69 Å². The Labute approximate surface area is 79.5 Å². The van der Waals surface area contributed by atoms with Crippen molar-refractivity contribution < 1.29 is 4.79 Å². The Balaban J connectivity index is 1.82. The minimum atomic E-state index is 0.423. The molecule has 0 aliphatic carbocycles. The van der Waals surface area contributed by atoms with E-state index in [1.54, 1.807) is 0 Å². The molecule has 2 aliphatic heterocycles. The number of hydrogen-bond donors (Lipinski definition) is 0. The summed E-state index contributed by atoms with van der Waals surface area (Å²) in [4.78, 5) is 13.4. The van der Waals surface area contributed by atoms with Gasteiger partial charge in [-0.2, -0.15) is 0 Å². The number of ketones is 1. The minimum Gasteiger partial charge on any atom is -0.300 e. The zero-order valence-corrected chi connectivity index (χ0v) is 8.04. The van der Waals surface area contributed by atoms with Crippen LogP contribution in [0.25, 0.3) is 0 Å². The standard InChI is InChI=1S/C10H17N2O/c13-9-4-7-12(8-5-9)10-3-1-2-6-11-10/h10H,1-8H2. The van der Waals surface area contributed by atoms with Crippen LogP contribution in [0.4, 0.5) is 0 Å². The molecule has 1 unspecified atom stereocenters. The first-order chi connectivity index (χ1) is 6.36. The maximum atomic E-state index is 11.0. The maximum Gasteiger partial charge on any atom is 0.135 e. The summed E-state index contributed by atoms with van der Waals surface area (Å²) in [5.41, 5.74) is 0. The van der Waals surface area contributed by atoms with E-state index in [1.165, 1.54) is 19.3 Å². The first kappa shape index (κ1) is 9.16. The van der Waals surface area contributed by atoms with Crippen molar-refractivity contribution in [2.75, 3.05) is 19.6 Å². The molecule has 2 rings (SSSR count). The van der Waals surface area contributed by atoms with Crippen molar-refractivity contribution in [3.05, 3.63) is 0 Å². The quantitative estimate of drug-likeness (QED) is 0.598. The topological polar surface area (TPSA) is 34.4 Å². The van der Waals surface area contributed by atoms with Gasteiger partial charge in [-0.05, 0) is 19.3 Å². The van der Waals surface area contributed by atoms with Gasteiger partial charge in [-0.15, -0.1) is 0 Å². The molecule has 0 N–H and O–H groups in total. The Hall–Kier alpha value is -0.410. The molecule has 1 radical (unpaired) electrons. The fourth-order valence-electron chi connectivity index (χ4n) is 2.14. The number of piperidine rings is 2. The van der Waals surface area contributed by atoms with Crippen LogP contribution in [0.1, 0.15) is 32.1 Å². The first-order valence-corrected chi connectivity index (χ1v) is 5.28. The predicted octanol–water partition coefficient (Wildman–Crippen LogP) is 0.766. The highest BCUT2D eigenvalue weighted by molar-refractivity contribution is 5.79. The van der Waals surface area contributed by atoms with E-state index in [1.807, 2.05) is 0 Å². The second kappa shape index (κ2) is 4.20. The van der Waals surface area contributed by atoms with Crippen molar-refractivity contribution in [1.82, 2.24) is 10.2 Å². The molecule has 0 aromatic carbocycles. The summed E-state index contributed by atoms with van der Waals surface area (Å²) in [6.07, 6.45) is 5.68. The molecule has 3 heteroatoms. The van der Waals surface area contributed by atoms with Crippen LogP contribution >= 0.6 is 0 Å². The van der Waals surface area contributed by atoms with Gasteiger partial charge in [0.25, 0.3) is 0 Å². The maximum absolute atomic E-state index is 11.0. The normalized spacial score (nSPS) is 32.0. The SMILES string of the molecule is O=C1CCN(C2CCCC[N]2)CC1. The number of rotatable bonds is 1. The van der Waals surface area contributed by atoms with Crippen molar-refractivity contribution in [1.29, 1.82) is 0 Å². The fraction of sp³-hybridized carbons (Fsp3) is 0.900. The molecule has 0 aromatic rings. The lowest BCUT2D eigenvalue weighted by atomic mass is 10.0. The van der Waals surface area contributed by atoms with Gasteiger partial charge in [-0.25, -0.2) is 5.32 Å². The number of Topliss-reactive ketones (excluding diaryl/α,β-unsaturated/α-hetero) is 1. The third-order valence-electron chi connectivity index (χ3n) is 2.99. The van der Waals surface area contributed by atoms with E-state index in [4.69, 9.17) is 0 Å². The van der Waals surface area contributed by atoms with Crippen LogP contribution in [-0.4, -0.2) is 36.5 Å². The number of carbonyl (C=O) groups is 1. The summed E-state index contributed by atoms with van der Waals surface area (Å²) < 4.78 is 0. The summed E-state index contributed by atoms with van der Waals surface area (Å²) in [5.74, 6) is 0.423. The third kappa shape index (κ3) is 2.29. The van der Waals surface area contributed by atoms with Gasteiger partial charge >= 0.3 is 0 Å². The molecule has 2 heterocycles.